The van der Waals surface area contributed by atoms with Crippen molar-refractivity contribution >= 4 is 11.8 Å². The fraction of sp³-hybridized carbons (Fsp3) is 0.818. The minimum Gasteiger partial charge on any atom is -0.348 e. The number of nitrogens with one attached hydrogen (secondary N) is 2. The lowest BCUT2D eigenvalue weighted by atomic mass is 9.97. The molecule has 0 aromatic carbocycles. The molecule has 1 heterocycles. The van der Waals surface area contributed by atoms with Crippen LogP contribution < -0.4 is 10.6 Å². The van der Waals surface area contributed by atoms with Crippen molar-refractivity contribution in [1.82, 2.24) is 15.5 Å². The van der Waals surface area contributed by atoms with Gasteiger partial charge in [-0.15, -0.1) is 0 Å². The minimum absolute atomic E-state index is 0.487. The number of hydrogen-bond donors (Lipinski definition) is 2. The Hall–Kier alpha value is -1.10. The third-order valence-corrected chi connectivity index (χ3v) is 2.93. The molecule has 2 N–H and O–H groups in total. The largest absolute Gasteiger partial charge is 0.348 e. The zero-order valence-electron chi connectivity index (χ0n) is 10.1. The number of amides is 2. The van der Waals surface area contributed by atoms with Crippen LogP contribution in [0.1, 0.15) is 19.8 Å². The normalized spacial score (nSPS) is 18.1. The molecule has 0 unspecified atom stereocenters. The van der Waals surface area contributed by atoms with Gasteiger partial charge in [0.2, 0.25) is 0 Å². The van der Waals surface area contributed by atoms with E-state index in [1.54, 1.807) is 6.92 Å². The van der Waals surface area contributed by atoms with Gasteiger partial charge in [0.1, 0.15) is 0 Å². The summed E-state index contributed by atoms with van der Waals surface area (Å²) in [6.07, 6.45) is 2.18. The molecule has 16 heavy (non-hydrogen) atoms. The van der Waals surface area contributed by atoms with E-state index in [1.807, 2.05) is 0 Å². The summed E-state index contributed by atoms with van der Waals surface area (Å²) >= 11 is 0. The quantitative estimate of drug-likeness (QED) is 0.644. The number of likely N-dealkylation sites (tertiary alicyclic amines) is 1. The first-order valence-electron chi connectivity index (χ1n) is 5.88. The van der Waals surface area contributed by atoms with Crippen LogP contribution in [0.4, 0.5) is 0 Å². The van der Waals surface area contributed by atoms with Gasteiger partial charge in [0.15, 0.2) is 0 Å². The zero-order chi connectivity index (χ0) is 12.0. The highest BCUT2D eigenvalue weighted by Crippen LogP contribution is 2.14. The Morgan fingerprint density at radius 1 is 1.19 bits per heavy atom. The Kier molecular flexibility index (Phi) is 5.25. The summed E-state index contributed by atoms with van der Waals surface area (Å²) in [6.45, 7) is 5.04. The van der Waals surface area contributed by atoms with Crippen molar-refractivity contribution in [2.45, 2.75) is 19.8 Å². The highest BCUT2D eigenvalue weighted by atomic mass is 16.2. The first-order chi connectivity index (χ1) is 7.63. The summed E-state index contributed by atoms with van der Waals surface area (Å²) < 4.78 is 0. The maximum atomic E-state index is 11.3. The van der Waals surface area contributed by atoms with Crippen molar-refractivity contribution in [2.24, 2.45) is 5.92 Å². The highest BCUT2D eigenvalue weighted by molar-refractivity contribution is 6.35. The van der Waals surface area contributed by atoms with Crippen molar-refractivity contribution < 1.29 is 9.59 Å². The molecule has 92 valence electrons. The smallest absolute Gasteiger partial charge is 0.309 e. The van der Waals surface area contributed by atoms with Crippen molar-refractivity contribution in [3.63, 3.8) is 0 Å². The predicted octanol–water partition coefficient (Wildman–Crippen LogP) is -0.419. The number of carbonyl (C=O) groups is 2. The molecular weight excluding hydrogens is 206 g/mol. The zero-order valence-corrected chi connectivity index (χ0v) is 10.1. The first-order valence-corrected chi connectivity index (χ1v) is 5.88. The van der Waals surface area contributed by atoms with Crippen LogP contribution in [0.3, 0.4) is 0 Å². The Morgan fingerprint density at radius 2 is 1.75 bits per heavy atom. The summed E-state index contributed by atoms with van der Waals surface area (Å²) in [6, 6.07) is 0. The van der Waals surface area contributed by atoms with Crippen LogP contribution >= 0.6 is 0 Å². The molecule has 1 aliphatic heterocycles. The van der Waals surface area contributed by atoms with E-state index in [1.165, 1.54) is 0 Å². The molecule has 0 spiro atoms. The molecule has 5 nitrogen and oxygen atoms in total. The standard InChI is InChI=1S/C11H21N3O2/c1-3-12-10(15)11(16)13-8-9-4-6-14(2)7-5-9/h9H,3-8H2,1-2H3,(H,12,15)(H,13,16). The van der Waals surface area contributed by atoms with E-state index >= 15 is 0 Å². The van der Waals surface area contributed by atoms with Gasteiger partial charge in [0.05, 0.1) is 0 Å². The van der Waals surface area contributed by atoms with Crippen LogP contribution in [-0.2, 0) is 9.59 Å². The van der Waals surface area contributed by atoms with Crippen LogP contribution in [0.2, 0.25) is 0 Å². The van der Waals surface area contributed by atoms with Gasteiger partial charge in [-0.05, 0) is 45.8 Å². The SMILES string of the molecule is CCNC(=O)C(=O)NCC1CCN(C)CC1. The molecule has 1 aliphatic rings. The average Bonchev–Trinajstić information content (AvgIpc) is 2.28. The van der Waals surface area contributed by atoms with Crippen LogP contribution in [-0.4, -0.2) is 49.9 Å². The molecule has 1 fully saturated rings. The van der Waals surface area contributed by atoms with Crippen LogP contribution in [0, 0.1) is 5.92 Å². The van der Waals surface area contributed by atoms with Gasteiger partial charge < -0.3 is 15.5 Å². The van der Waals surface area contributed by atoms with Crippen molar-refractivity contribution in [1.29, 1.82) is 0 Å². The lowest BCUT2D eigenvalue weighted by Crippen LogP contribution is -2.43. The molecule has 5 heteroatoms. The van der Waals surface area contributed by atoms with E-state index in [-0.39, 0.29) is 0 Å². The maximum Gasteiger partial charge on any atom is 0.309 e. The summed E-state index contributed by atoms with van der Waals surface area (Å²) in [5, 5.41) is 5.16. The Balaban J connectivity index is 2.19. The van der Waals surface area contributed by atoms with E-state index in [0.29, 0.717) is 19.0 Å². The van der Waals surface area contributed by atoms with Gasteiger partial charge in [-0.25, -0.2) is 0 Å². The number of carbonyl (C=O) groups excluding carboxylic acids is 2. The molecule has 0 radical (unpaired) electrons. The number of rotatable bonds is 3. The van der Waals surface area contributed by atoms with Crippen LogP contribution in [0.25, 0.3) is 0 Å². The van der Waals surface area contributed by atoms with E-state index in [4.69, 9.17) is 0 Å². The number of hydrogen-bond acceptors (Lipinski definition) is 3. The average molecular weight is 227 g/mol. The van der Waals surface area contributed by atoms with E-state index in [0.717, 1.165) is 25.9 Å². The topological polar surface area (TPSA) is 61.4 Å². The molecule has 0 aliphatic carbocycles. The van der Waals surface area contributed by atoms with Crippen LogP contribution in [0.5, 0.6) is 0 Å². The van der Waals surface area contributed by atoms with Gasteiger partial charge in [-0.3, -0.25) is 9.59 Å². The summed E-state index contributed by atoms with van der Waals surface area (Å²) in [5.74, 6) is -0.536. The number of likely N-dealkylation sites (N-methyl/N-ethyl adjacent to an activating group) is 1. The fourth-order valence-electron chi connectivity index (χ4n) is 1.82. The van der Waals surface area contributed by atoms with Gasteiger partial charge in [0.25, 0.3) is 0 Å². The van der Waals surface area contributed by atoms with E-state index in [9.17, 15) is 9.59 Å². The van der Waals surface area contributed by atoms with Gasteiger partial charge in [-0.1, -0.05) is 0 Å². The maximum absolute atomic E-state index is 11.3. The monoisotopic (exact) mass is 227 g/mol. The second-order valence-corrected chi connectivity index (χ2v) is 4.32. The Labute approximate surface area is 96.6 Å². The van der Waals surface area contributed by atoms with Crippen molar-refractivity contribution in [2.75, 3.05) is 33.2 Å². The van der Waals surface area contributed by atoms with Crippen molar-refractivity contribution in [3.05, 3.63) is 0 Å². The van der Waals surface area contributed by atoms with E-state index in [2.05, 4.69) is 22.6 Å². The highest BCUT2D eigenvalue weighted by Gasteiger charge is 2.18. The molecular formula is C11H21N3O2. The molecule has 0 aromatic rings. The van der Waals surface area contributed by atoms with Crippen molar-refractivity contribution in [3.8, 4) is 0 Å². The van der Waals surface area contributed by atoms with Gasteiger partial charge >= 0.3 is 11.8 Å². The molecule has 0 bridgehead atoms. The number of piperidine rings is 1. The summed E-state index contributed by atoms with van der Waals surface area (Å²) in [4.78, 5) is 24.7. The molecule has 2 amide bonds. The lowest BCUT2D eigenvalue weighted by Gasteiger charge is -2.28. The second-order valence-electron chi connectivity index (χ2n) is 4.32. The lowest BCUT2D eigenvalue weighted by molar-refractivity contribution is -0.139. The minimum atomic E-state index is -0.532. The third-order valence-electron chi connectivity index (χ3n) is 2.93. The number of nitrogens with zero attached hydrogens (tertiary/aromatic N) is 1. The van der Waals surface area contributed by atoms with Gasteiger partial charge in [0, 0.05) is 13.1 Å². The van der Waals surface area contributed by atoms with E-state index < -0.39 is 11.8 Å². The molecule has 0 saturated carbocycles. The molecule has 0 atom stereocenters. The molecule has 1 rings (SSSR count). The predicted molar refractivity (Wildman–Crippen MR) is 61.9 cm³/mol. The van der Waals surface area contributed by atoms with Gasteiger partial charge in [-0.2, -0.15) is 0 Å². The summed E-state index contributed by atoms with van der Waals surface area (Å²) in [5.41, 5.74) is 0. The van der Waals surface area contributed by atoms with Crippen LogP contribution in [0.15, 0.2) is 0 Å². The molecule has 1 saturated heterocycles. The molecule has 0 aromatic heterocycles. The first kappa shape index (κ1) is 13.0. The second kappa shape index (κ2) is 6.48. The fourth-order valence-corrected chi connectivity index (χ4v) is 1.82. The Morgan fingerprint density at radius 3 is 2.31 bits per heavy atom. The Bertz CT molecular complexity index is 248. The third kappa shape index (κ3) is 4.18. The summed E-state index contributed by atoms with van der Waals surface area (Å²) in [7, 11) is 2.10.